The normalized spacial score (nSPS) is 16.7. The predicted molar refractivity (Wildman–Crippen MR) is 176 cm³/mol. The van der Waals surface area contributed by atoms with Gasteiger partial charge in [-0.05, 0) is 67.3 Å². The van der Waals surface area contributed by atoms with Crippen molar-refractivity contribution in [2.24, 2.45) is 23.0 Å². The standard InChI is InChI=1S/C36H46N4O7/c1-36(2,3)33(40-31(41)22-45-18-5-4-6-19-46-27-16-14-26(15-17-27)34(37)43)32(42)28-8-7-9-29(28)35(44)39-20-24-10-12-25(13-11-24)30-21-38-23-47-30/h10-17,21,23,28-29,33H,4-9,18-20,22H2,1-3H3,(H2,37,43)(H,39,44)(H,40,41)/t28?,29-,33-/m1/s1. The summed E-state index contributed by atoms with van der Waals surface area (Å²) in [6, 6.07) is 13.6. The first-order valence-electron chi connectivity index (χ1n) is 16.2. The van der Waals surface area contributed by atoms with Gasteiger partial charge in [0.05, 0.1) is 18.8 Å². The van der Waals surface area contributed by atoms with Crippen LogP contribution in [0.3, 0.4) is 0 Å². The molecule has 0 aliphatic heterocycles. The van der Waals surface area contributed by atoms with Crippen LogP contribution in [0.2, 0.25) is 0 Å². The van der Waals surface area contributed by atoms with Crippen molar-refractivity contribution < 1.29 is 33.1 Å². The van der Waals surface area contributed by atoms with E-state index in [4.69, 9.17) is 19.6 Å². The number of unbranched alkanes of at least 4 members (excludes halogenated alkanes) is 2. The second-order valence-corrected chi connectivity index (χ2v) is 13.0. The van der Waals surface area contributed by atoms with Gasteiger partial charge in [-0.2, -0.15) is 0 Å². The molecule has 0 bridgehead atoms. The maximum Gasteiger partial charge on any atom is 0.248 e. The summed E-state index contributed by atoms with van der Waals surface area (Å²) in [4.78, 5) is 55.0. The van der Waals surface area contributed by atoms with Gasteiger partial charge < -0.3 is 30.3 Å². The lowest BCUT2D eigenvalue weighted by molar-refractivity contribution is -0.138. The molecule has 3 atom stereocenters. The zero-order valence-electron chi connectivity index (χ0n) is 27.5. The predicted octanol–water partition coefficient (Wildman–Crippen LogP) is 4.84. The highest BCUT2D eigenvalue weighted by molar-refractivity contribution is 5.95. The van der Waals surface area contributed by atoms with Crippen LogP contribution in [0.1, 0.15) is 75.2 Å². The number of nitrogens with two attached hydrogens (primary N) is 1. The Balaban J connectivity index is 1.17. The lowest BCUT2D eigenvalue weighted by Crippen LogP contribution is -2.53. The fourth-order valence-electron chi connectivity index (χ4n) is 5.76. The summed E-state index contributed by atoms with van der Waals surface area (Å²) >= 11 is 0. The first-order chi connectivity index (χ1) is 22.5. The number of hydrogen-bond donors (Lipinski definition) is 3. The summed E-state index contributed by atoms with van der Waals surface area (Å²) in [5.74, 6) is -0.642. The Morgan fingerprint density at radius 3 is 2.32 bits per heavy atom. The van der Waals surface area contributed by atoms with Crippen LogP contribution in [0.4, 0.5) is 0 Å². The van der Waals surface area contributed by atoms with Crippen molar-refractivity contribution in [1.29, 1.82) is 0 Å². The van der Waals surface area contributed by atoms with Gasteiger partial charge >= 0.3 is 0 Å². The quantitative estimate of drug-likeness (QED) is 0.176. The summed E-state index contributed by atoms with van der Waals surface area (Å²) < 4.78 is 16.6. The van der Waals surface area contributed by atoms with Gasteiger partial charge in [-0.15, -0.1) is 0 Å². The molecule has 4 N–H and O–H groups in total. The zero-order valence-corrected chi connectivity index (χ0v) is 27.5. The van der Waals surface area contributed by atoms with Gasteiger partial charge in [0.2, 0.25) is 17.7 Å². The van der Waals surface area contributed by atoms with Crippen molar-refractivity contribution in [2.45, 2.75) is 71.9 Å². The van der Waals surface area contributed by atoms with Gasteiger partial charge in [0.1, 0.15) is 12.4 Å². The molecule has 2 aromatic carbocycles. The number of nitrogens with one attached hydrogen (secondary N) is 2. The minimum atomic E-state index is -0.741. The Kier molecular flexibility index (Phi) is 12.7. The smallest absolute Gasteiger partial charge is 0.248 e. The number of benzene rings is 2. The number of amides is 3. The van der Waals surface area contributed by atoms with Gasteiger partial charge in [0.25, 0.3) is 0 Å². The fourth-order valence-corrected chi connectivity index (χ4v) is 5.76. The zero-order chi connectivity index (χ0) is 33.8. The Bertz CT molecular complexity index is 1460. The molecule has 1 aliphatic rings. The molecular weight excluding hydrogens is 600 g/mol. The van der Waals surface area contributed by atoms with E-state index >= 15 is 0 Å². The molecule has 3 amide bonds. The first kappa shape index (κ1) is 35.3. The second-order valence-electron chi connectivity index (χ2n) is 13.0. The molecule has 0 radical (unpaired) electrons. The molecule has 11 heteroatoms. The van der Waals surface area contributed by atoms with Crippen LogP contribution in [-0.4, -0.2) is 54.4 Å². The van der Waals surface area contributed by atoms with Crippen LogP contribution >= 0.6 is 0 Å². The fraction of sp³-hybridized carbons (Fsp3) is 0.472. The number of ketones is 1. The van der Waals surface area contributed by atoms with E-state index in [1.165, 1.54) is 6.39 Å². The maximum atomic E-state index is 13.8. The molecule has 1 fully saturated rings. The second kappa shape index (κ2) is 16.9. The summed E-state index contributed by atoms with van der Waals surface area (Å²) in [5, 5.41) is 5.91. The molecule has 1 heterocycles. The van der Waals surface area contributed by atoms with Crippen LogP contribution in [0.5, 0.6) is 5.75 Å². The molecule has 3 aromatic rings. The van der Waals surface area contributed by atoms with Gasteiger partial charge in [0.15, 0.2) is 17.9 Å². The summed E-state index contributed by atoms with van der Waals surface area (Å²) in [6.45, 7) is 6.87. The van der Waals surface area contributed by atoms with Crippen molar-refractivity contribution in [1.82, 2.24) is 15.6 Å². The third kappa shape index (κ3) is 10.5. The third-order valence-electron chi connectivity index (χ3n) is 8.39. The van der Waals surface area contributed by atoms with Crippen molar-refractivity contribution in [3.05, 3.63) is 72.2 Å². The number of nitrogens with zero attached hydrogens (tertiary/aromatic N) is 1. The highest BCUT2D eigenvalue weighted by atomic mass is 16.5. The molecule has 1 saturated carbocycles. The Labute approximate surface area is 276 Å². The molecule has 1 aromatic heterocycles. The molecule has 11 nitrogen and oxygen atoms in total. The average Bonchev–Trinajstić information content (AvgIpc) is 3.77. The molecule has 47 heavy (non-hydrogen) atoms. The van der Waals surface area contributed by atoms with Crippen LogP contribution in [0.25, 0.3) is 11.3 Å². The molecule has 0 spiro atoms. The Morgan fingerprint density at radius 1 is 0.957 bits per heavy atom. The highest BCUT2D eigenvalue weighted by Crippen LogP contribution is 2.36. The third-order valence-corrected chi connectivity index (χ3v) is 8.39. The molecule has 252 valence electrons. The summed E-state index contributed by atoms with van der Waals surface area (Å²) in [5.41, 5.74) is 6.97. The van der Waals surface area contributed by atoms with Gasteiger partial charge in [-0.25, -0.2) is 4.98 Å². The van der Waals surface area contributed by atoms with Crippen molar-refractivity contribution in [3.8, 4) is 17.1 Å². The van der Waals surface area contributed by atoms with Crippen molar-refractivity contribution in [2.75, 3.05) is 19.8 Å². The number of carbonyl (C=O) groups excluding carboxylic acids is 4. The number of primary amides is 1. The topological polar surface area (TPSA) is 163 Å². The van der Waals surface area contributed by atoms with E-state index in [9.17, 15) is 19.2 Å². The molecule has 1 aliphatic carbocycles. The van der Waals surface area contributed by atoms with E-state index < -0.39 is 29.2 Å². The minimum Gasteiger partial charge on any atom is -0.494 e. The maximum absolute atomic E-state index is 13.8. The average molecular weight is 647 g/mol. The molecule has 1 unspecified atom stereocenters. The van der Waals surface area contributed by atoms with Crippen molar-refractivity contribution >= 4 is 23.5 Å². The number of Topliss-reactive ketones (excluding diaryl/α,β-unsaturated/α-hetero) is 1. The van der Waals surface area contributed by atoms with Gasteiger partial charge in [-0.1, -0.05) is 51.5 Å². The van der Waals surface area contributed by atoms with Crippen LogP contribution in [-0.2, 0) is 25.7 Å². The number of oxazole rings is 1. The number of hydrogen-bond acceptors (Lipinski definition) is 8. The van der Waals surface area contributed by atoms with Crippen LogP contribution in [0.15, 0.2) is 65.5 Å². The van der Waals surface area contributed by atoms with E-state index in [0.717, 1.165) is 36.8 Å². The molecule has 4 rings (SSSR count). The number of rotatable bonds is 17. The minimum absolute atomic E-state index is 0.107. The summed E-state index contributed by atoms with van der Waals surface area (Å²) in [7, 11) is 0. The number of ether oxygens (including phenoxy) is 2. The Morgan fingerprint density at radius 2 is 1.66 bits per heavy atom. The van der Waals surface area contributed by atoms with Crippen LogP contribution < -0.4 is 21.1 Å². The van der Waals surface area contributed by atoms with Crippen molar-refractivity contribution in [3.63, 3.8) is 0 Å². The lowest BCUT2D eigenvalue weighted by atomic mass is 9.77. The molecular formula is C36H46N4O7. The SMILES string of the molecule is CC(C)(C)[C@H](NC(=O)COCCCCCOc1ccc(C(N)=O)cc1)C(=O)C1CCC[C@H]1C(=O)NCc1ccc(-c2cnco2)cc1. The number of aromatic nitrogens is 1. The Hall–Kier alpha value is -4.51. The molecule has 0 saturated heterocycles. The van der Waals surface area contributed by atoms with E-state index in [2.05, 4.69) is 15.6 Å². The largest absolute Gasteiger partial charge is 0.494 e. The first-order valence-corrected chi connectivity index (χ1v) is 16.2. The van der Waals surface area contributed by atoms with Crippen LogP contribution in [0, 0.1) is 17.3 Å². The monoisotopic (exact) mass is 646 g/mol. The van der Waals surface area contributed by atoms with Gasteiger partial charge in [-0.3, -0.25) is 19.2 Å². The van der Waals surface area contributed by atoms with E-state index in [-0.39, 0.29) is 24.2 Å². The number of carbonyl (C=O) groups is 4. The van der Waals surface area contributed by atoms with E-state index in [0.29, 0.717) is 49.7 Å². The van der Waals surface area contributed by atoms with Gasteiger partial charge in [0, 0.05) is 36.1 Å². The van der Waals surface area contributed by atoms with E-state index in [1.807, 2.05) is 45.0 Å². The summed E-state index contributed by atoms with van der Waals surface area (Å²) in [6.07, 6.45) is 7.46. The van der Waals surface area contributed by atoms with E-state index in [1.54, 1.807) is 30.5 Å². The lowest BCUT2D eigenvalue weighted by Gasteiger charge is -2.33. The highest BCUT2D eigenvalue weighted by Gasteiger charge is 2.43.